The Morgan fingerprint density at radius 1 is 1.18 bits per heavy atom. The summed E-state index contributed by atoms with van der Waals surface area (Å²) in [5, 5.41) is 2.89. The van der Waals surface area contributed by atoms with E-state index in [9.17, 15) is 9.59 Å². The van der Waals surface area contributed by atoms with Gasteiger partial charge in [-0.15, -0.1) is 0 Å². The van der Waals surface area contributed by atoms with E-state index < -0.39 is 11.7 Å². The second kappa shape index (κ2) is 13.3. The first-order valence-electron chi connectivity index (χ1n) is 12.8. The van der Waals surface area contributed by atoms with Crippen molar-refractivity contribution in [2.75, 3.05) is 13.2 Å². The van der Waals surface area contributed by atoms with Gasteiger partial charge in [-0.2, -0.15) is 0 Å². The van der Waals surface area contributed by atoms with E-state index in [1.54, 1.807) is 6.92 Å². The van der Waals surface area contributed by atoms with Crippen LogP contribution in [0.3, 0.4) is 0 Å². The Morgan fingerprint density at radius 2 is 1.94 bits per heavy atom. The van der Waals surface area contributed by atoms with E-state index in [0.717, 1.165) is 38.7 Å². The molecule has 7 heteroatoms. The van der Waals surface area contributed by atoms with Crippen LogP contribution in [0.5, 0.6) is 0 Å². The molecule has 33 heavy (non-hydrogen) atoms. The molecule has 0 bridgehead atoms. The molecule has 1 aliphatic carbocycles. The zero-order valence-electron chi connectivity index (χ0n) is 21.3. The molecular weight excluding hydrogens is 422 g/mol. The first-order chi connectivity index (χ1) is 15.7. The van der Waals surface area contributed by atoms with Crippen molar-refractivity contribution in [3.05, 3.63) is 12.2 Å². The molecule has 1 saturated carbocycles. The standard InChI is InChI=1S/C26H45NO6/c1-6-26(17-11-18-26)21(32-23-14-8-9-19-31-23)13-10-12-20(15-16-22(28)30-7-2)27-24(29)33-25(3,4)5/h10,12,20-21,23H,6-9,11,13-19H2,1-5H3,(H,27,29)/t20-,21-,23?/m0/s1. The van der Waals surface area contributed by atoms with Crippen molar-refractivity contribution in [3.8, 4) is 0 Å². The SMILES string of the molecule is CCOC(=O)CC[C@H](C=CC[C@H](OC1CCCCO1)C1(CC)CCC1)NC(=O)OC(C)(C)C. The van der Waals surface area contributed by atoms with Gasteiger partial charge in [-0.3, -0.25) is 4.79 Å². The highest BCUT2D eigenvalue weighted by Gasteiger charge is 2.43. The third-order valence-corrected chi connectivity index (χ3v) is 6.58. The molecule has 7 nitrogen and oxygen atoms in total. The summed E-state index contributed by atoms with van der Waals surface area (Å²) in [6.07, 6.45) is 12.8. The zero-order chi connectivity index (χ0) is 24.3. The number of carbonyl (C=O) groups is 2. The van der Waals surface area contributed by atoms with Gasteiger partial charge in [0.05, 0.1) is 18.8 Å². The van der Waals surface area contributed by atoms with Gasteiger partial charge >= 0.3 is 12.1 Å². The molecule has 1 aliphatic heterocycles. The Labute approximate surface area is 199 Å². The van der Waals surface area contributed by atoms with Crippen LogP contribution in [0.25, 0.3) is 0 Å². The van der Waals surface area contributed by atoms with Gasteiger partial charge in [-0.25, -0.2) is 4.79 Å². The number of alkyl carbamates (subject to hydrolysis) is 1. The second-order valence-electron chi connectivity index (χ2n) is 10.3. The Morgan fingerprint density at radius 3 is 2.48 bits per heavy atom. The molecule has 2 aliphatic rings. The molecule has 1 amide bonds. The molecule has 0 aromatic heterocycles. The van der Waals surface area contributed by atoms with E-state index in [1.165, 1.54) is 19.3 Å². The van der Waals surface area contributed by atoms with Gasteiger partial charge in [0.25, 0.3) is 0 Å². The van der Waals surface area contributed by atoms with Crippen LogP contribution in [0.15, 0.2) is 12.2 Å². The lowest BCUT2D eigenvalue weighted by atomic mass is 9.62. The number of amides is 1. The van der Waals surface area contributed by atoms with Crippen molar-refractivity contribution < 1.29 is 28.5 Å². The average molecular weight is 468 g/mol. The lowest BCUT2D eigenvalue weighted by Gasteiger charge is -2.48. The first kappa shape index (κ1) is 27.6. The van der Waals surface area contributed by atoms with Crippen LogP contribution in [0.4, 0.5) is 4.79 Å². The maximum Gasteiger partial charge on any atom is 0.408 e. The minimum Gasteiger partial charge on any atom is -0.466 e. The Hall–Kier alpha value is -1.60. The molecular formula is C26H45NO6. The zero-order valence-corrected chi connectivity index (χ0v) is 21.3. The normalized spacial score (nSPS) is 22.3. The van der Waals surface area contributed by atoms with E-state index in [0.29, 0.717) is 13.0 Å². The molecule has 1 saturated heterocycles. The molecule has 1 unspecified atom stereocenters. The number of ether oxygens (including phenoxy) is 4. The smallest absolute Gasteiger partial charge is 0.408 e. The molecule has 0 spiro atoms. The third-order valence-electron chi connectivity index (χ3n) is 6.58. The Kier molecular flexibility index (Phi) is 11.2. The highest BCUT2D eigenvalue weighted by molar-refractivity contribution is 5.70. The van der Waals surface area contributed by atoms with Crippen LogP contribution in [-0.2, 0) is 23.7 Å². The molecule has 2 rings (SSSR count). The third kappa shape index (κ3) is 9.65. The van der Waals surface area contributed by atoms with Crippen LogP contribution < -0.4 is 5.32 Å². The van der Waals surface area contributed by atoms with Crippen molar-refractivity contribution in [1.29, 1.82) is 0 Å². The fourth-order valence-corrected chi connectivity index (χ4v) is 4.53. The predicted molar refractivity (Wildman–Crippen MR) is 128 cm³/mol. The van der Waals surface area contributed by atoms with Gasteiger partial charge in [-0.1, -0.05) is 25.5 Å². The van der Waals surface area contributed by atoms with Gasteiger partial charge in [0.2, 0.25) is 0 Å². The molecule has 0 radical (unpaired) electrons. The lowest BCUT2D eigenvalue weighted by Crippen LogP contribution is -2.45. The largest absolute Gasteiger partial charge is 0.466 e. The fourth-order valence-electron chi connectivity index (χ4n) is 4.53. The monoisotopic (exact) mass is 467 g/mol. The second-order valence-corrected chi connectivity index (χ2v) is 10.3. The molecule has 2 fully saturated rings. The van der Waals surface area contributed by atoms with Crippen LogP contribution in [-0.4, -0.2) is 49.3 Å². The summed E-state index contributed by atoms with van der Waals surface area (Å²) in [6.45, 7) is 10.6. The summed E-state index contributed by atoms with van der Waals surface area (Å²) in [5.41, 5.74) is -0.389. The number of nitrogens with one attached hydrogen (secondary N) is 1. The number of carbonyl (C=O) groups excluding carboxylic acids is 2. The molecule has 3 atom stereocenters. The number of rotatable bonds is 12. The van der Waals surface area contributed by atoms with Crippen LogP contribution >= 0.6 is 0 Å². The van der Waals surface area contributed by atoms with Crippen molar-refractivity contribution >= 4 is 12.1 Å². The predicted octanol–water partition coefficient (Wildman–Crippen LogP) is 5.66. The summed E-state index contributed by atoms with van der Waals surface area (Å²) in [7, 11) is 0. The van der Waals surface area contributed by atoms with Crippen molar-refractivity contribution in [2.24, 2.45) is 5.41 Å². The number of hydrogen-bond acceptors (Lipinski definition) is 6. The summed E-state index contributed by atoms with van der Waals surface area (Å²) < 4.78 is 22.8. The number of esters is 1. The maximum atomic E-state index is 12.3. The highest BCUT2D eigenvalue weighted by Crippen LogP contribution is 2.49. The van der Waals surface area contributed by atoms with Gasteiger partial charge in [0.1, 0.15) is 5.60 Å². The fraction of sp³-hybridized carbons (Fsp3) is 0.846. The lowest BCUT2D eigenvalue weighted by molar-refractivity contribution is -0.222. The summed E-state index contributed by atoms with van der Waals surface area (Å²) in [5.74, 6) is -0.267. The minimum absolute atomic E-state index is 0.0860. The summed E-state index contributed by atoms with van der Waals surface area (Å²) in [6, 6.07) is -0.324. The van der Waals surface area contributed by atoms with E-state index in [2.05, 4.69) is 18.3 Å². The molecule has 1 N–H and O–H groups in total. The molecule has 0 aromatic rings. The first-order valence-corrected chi connectivity index (χ1v) is 12.8. The topological polar surface area (TPSA) is 83.1 Å². The van der Waals surface area contributed by atoms with Crippen LogP contribution in [0, 0.1) is 5.41 Å². The quantitative estimate of drug-likeness (QED) is 0.294. The van der Waals surface area contributed by atoms with Crippen LogP contribution in [0.2, 0.25) is 0 Å². The molecule has 190 valence electrons. The Bertz CT molecular complexity index is 626. The van der Waals surface area contributed by atoms with E-state index in [-0.39, 0.29) is 36.2 Å². The molecule has 0 aromatic carbocycles. The van der Waals surface area contributed by atoms with Crippen LogP contribution in [0.1, 0.15) is 98.8 Å². The van der Waals surface area contributed by atoms with Crippen molar-refractivity contribution in [3.63, 3.8) is 0 Å². The van der Waals surface area contributed by atoms with E-state index in [1.807, 2.05) is 26.8 Å². The van der Waals surface area contributed by atoms with Gasteiger partial charge in [0, 0.05) is 13.0 Å². The van der Waals surface area contributed by atoms with E-state index >= 15 is 0 Å². The van der Waals surface area contributed by atoms with Crippen molar-refractivity contribution in [2.45, 2.75) is 123 Å². The Balaban J connectivity index is 2.03. The highest BCUT2D eigenvalue weighted by atomic mass is 16.7. The summed E-state index contributed by atoms with van der Waals surface area (Å²) in [4.78, 5) is 24.2. The number of hydrogen-bond donors (Lipinski definition) is 1. The molecule has 1 heterocycles. The van der Waals surface area contributed by atoms with Gasteiger partial charge < -0.3 is 24.3 Å². The minimum atomic E-state index is -0.587. The average Bonchev–Trinajstić information content (AvgIpc) is 2.71. The summed E-state index contributed by atoms with van der Waals surface area (Å²) >= 11 is 0. The van der Waals surface area contributed by atoms with Crippen molar-refractivity contribution in [1.82, 2.24) is 5.32 Å². The van der Waals surface area contributed by atoms with Gasteiger partial charge in [0.15, 0.2) is 6.29 Å². The van der Waals surface area contributed by atoms with E-state index in [4.69, 9.17) is 18.9 Å². The maximum absolute atomic E-state index is 12.3. The van der Waals surface area contributed by atoms with Gasteiger partial charge in [-0.05, 0) is 84.5 Å².